The number of halogens is 1. The number of hydrogen-bond donors (Lipinski definition) is 2. The van der Waals surface area contributed by atoms with Crippen LogP contribution in [0.5, 0.6) is 0 Å². The van der Waals surface area contributed by atoms with Crippen molar-refractivity contribution in [2.24, 2.45) is 0 Å². The number of nitrogens with one attached hydrogen (secondary N) is 2. The maximum Gasteiger partial charge on any atom is 0.170 e. The molecule has 0 saturated heterocycles. The molecule has 0 aliphatic rings. The summed E-state index contributed by atoms with van der Waals surface area (Å²) in [4.78, 5) is 0. The predicted molar refractivity (Wildman–Crippen MR) is 87.3 cm³/mol. The van der Waals surface area contributed by atoms with Gasteiger partial charge in [-0.05, 0) is 36.3 Å². The van der Waals surface area contributed by atoms with Crippen molar-refractivity contribution < 1.29 is 0 Å². The molecule has 0 unspecified atom stereocenters. The van der Waals surface area contributed by atoms with Gasteiger partial charge in [0, 0.05) is 18.4 Å². The molecule has 0 bridgehead atoms. The van der Waals surface area contributed by atoms with Gasteiger partial charge < -0.3 is 10.6 Å². The Kier molecular flexibility index (Phi) is 5.38. The highest BCUT2D eigenvalue weighted by molar-refractivity contribution is 7.80. The molecule has 6 heteroatoms. The van der Waals surface area contributed by atoms with Crippen LogP contribution in [-0.4, -0.2) is 21.4 Å². The van der Waals surface area contributed by atoms with Crippen molar-refractivity contribution in [1.29, 1.82) is 0 Å². The van der Waals surface area contributed by atoms with Gasteiger partial charge in [-0.25, -0.2) is 0 Å². The summed E-state index contributed by atoms with van der Waals surface area (Å²) in [7, 11) is 0. The lowest BCUT2D eigenvalue weighted by Crippen LogP contribution is -2.31. The normalized spacial score (nSPS) is 10.3. The molecular formula is C14H17ClN4S. The van der Waals surface area contributed by atoms with Crippen molar-refractivity contribution in [1.82, 2.24) is 15.1 Å². The molecule has 0 amide bonds. The van der Waals surface area contributed by atoms with Gasteiger partial charge in [0.1, 0.15) is 0 Å². The highest BCUT2D eigenvalue weighted by Gasteiger charge is 1.99. The Morgan fingerprint density at radius 2 is 2.10 bits per heavy atom. The molecule has 4 nitrogen and oxygen atoms in total. The first kappa shape index (κ1) is 14.8. The minimum absolute atomic E-state index is 0.604. The number of aryl methyl sites for hydroxylation is 1. The monoisotopic (exact) mass is 308 g/mol. The zero-order chi connectivity index (χ0) is 14.4. The second-order valence-electron chi connectivity index (χ2n) is 4.35. The third kappa shape index (κ3) is 4.51. The fraction of sp³-hybridized carbons (Fsp3) is 0.286. The fourth-order valence-electron chi connectivity index (χ4n) is 1.74. The Morgan fingerprint density at radius 1 is 1.35 bits per heavy atom. The van der Waals surface area contributed by atoms with Crippen molar-refractivity contribution in [2.75, 3.05) is 11.9 Å². The summed E-state index contributed by atoms with van der Waals surface area (Å²) in [5, 5.41) is 11.6. The van der Waals surface area contributed by atoms with E-state index in [2.05, 4.69) is 34.8 Å². The summed E-state index contributed by atoms with van der Waals surface area (Å²) >= 11 is 11.0. The zero-order valence-electron chi connectivity index (χ0n) is 11.3. The van der Waals surface area contributed by atoms with Crippen LogP contribution in [0.4, 0.5) is 5.69 Å². The lowest BCUT2D eigenvalue weighted by atomic mass is 10.1. The molecule has 0 radical (unpaired) electrons. The van der Waals surface area contributed by atoms with E-state index < -0.39 is 0 Å². The van der Waals surface area contributed by atoms with E-state index >= 15 is 0 Å². The number of hydrogen-bond acceptors (Lipinski definition) is 2. The van der Waals surface area contributed by atoms with Gasteiger partial charge in [0.15, 0.2) is 5.11 Å². The summed E-state index contributed by atoms with van der Waals surface area (Å²) in [6.45, 7) is 3.54. The van der Waals surface area contributed by atoms with Crippen LogP contribution in [0.2, 0.25) is 5.02 Å². The SMILES string of the molecule is CCc1ccc(NC(=S)NCCn2cc(Cl)cn2)cc1. The van der Waals surface area contributed by atoms with E-state index in [1.165, 1.54) is 5.56 Å². The number of aromatic nitrogens is 2. The Balaban J connectivity index is 1.74. The second kappa shape index (κ2) is 7.26. The van der Waals surface area contributed by atoms with Gasteiger partial charge in [-0.3, -0.25) is 4.68 Å². The topological polar surface area (TPSA) is 41.9 Å². The van der Waals surface area contributed by atoms with Crippen LogP contribution >= 0.6 is 23.8 Å². The molecule has 0 atom stereocenters. The molecule has 0 aliphatic heterocycles. The number of thiocarbonyl (C=S) groups is 1. The van der Waals surface area contributed by atoms with Crippen LogP contribution in [0.15, 0.2) is 36.7 Å². The molecular weight excluding hydrogens is 292 g/mol. The van der Waals surface area contributed by atoms with E-state index in [4.69, 9.17) is 23.8 Å². The van der Waals surface area contributed by atoms with E-state index in [0.29, 0.717) is 23.2 Å². The maximum atomic E-state index is 5.79. The molecule has 1 heterocycles. The van der Waals surface area contributed by atoms with Gasteiger partial charge in [0.2, 0.25) is 0 Å². The van der Waals surface area contributed by atoms with E-state index in [0.717, 1.165) is 12.1 Å². The van der Waals surface area contributed by atoms with Crippen LogP contribution in [0.3, 0.4) is 0 Å². The van der Waals surface area contributed by atoms with E-state index in [1.807, 2.05) is 12.1 Å². The summed E-state index contributed by atoms with van der Waals surface area (Å²) in [6, 6.07) is 8.24. The van der Waals surface area contributed by atoms with Crippen LogP contribution < -0.4 is 10.6 Å². The number of rotatable bonds is 5. The molecule has 0 fully saturated rings. The minimum Gasteiger partial charge on any atom is -0.361 e. The summed E-state index contributed by atoms with van der Waals surface area (Å²) in [5.74, 6) is 0. The van der Waals surface area contributed by atoms with Crippen LogP contribution in [0, 0.1) is 0 Å². The predicted octanol–water partition coefficient (Wildman–Crippen LogP) is 3.09. The standard InChI is InChI=1S/C14H17ClN4S/c1-2-11-3-5-13(6-4-11)18-14(20)16-7-8-19-10-12(15)9-17-19/h3-6,9-10H,2,7-8H2,1H3,(H2,16,18,20). The Bertz CT molecular complexity index is 565. The molecule has 2 N–H and O–H groups in total. The Hall–Kier alpha value is -1.59. The van der Waals surface area contributed by atoms with Crippen molar-refractivity contribution in [3.8, 4) is 0 Å². The highest BCUT2D eigenvalue weighted by Crippen LogP contribution is 2.09. The van der Waals surface area contributed by atoms with Gasteiger partial charge in [-0.15, -0.1) is 0 Å². The molecule has 20 heavy (non-hydrogen) atoms. The average Bonchev–Trinajstić information content (AvgIpc) is 2.85. The lowest BCUT2D eigenvalue weighted by Gasteiger charge is -2.10. The largest absolute Gasteiger partial charge is 0.361 e. The average molecular weight is 309 g/mol. The van der Waals surface area contributed by atoms with Crippen molar-refractivity contribution in [3.63, 3.8) is 0 Å². The summed E-state index contributed by atoms with van der Waals surface area (Å²) < 4.78 is 1.77. The van der Waals surface area contributed by atoms with Crippen molar-refractivity contribution in [2.45, 2.75) is 19.9 Å². The van der Waals surface area contributed by atoms with Gasteiger partial charge in [0.25, 0.3) is 0 Å². The first-order valence-electron chi connectivity index (χ1n) is 6.49. The molecule has 0 spiro atoms. The zero-order valence-corrected chi connectivity index (χ0v) is 12.8. The summed E-state index contributed by atoms with van der Waals surface area (Å²) in [6.07, 6.45) is 4.44. The van der Waals surface area contributed by atoms with E-state index in [1.54, 1.807) is 17.1 Å². The highest BCUT2D eigenvalue weighted by atomic mass is 35.5. The maximum absolute atomic E-state index is 5.79. The number of benzene rings is 1. The van der Waals surface area contributed by atoms with Crippen LogP contribution in [0.25, 0.3) is 0 Å². The second-order valence-corrected chi connectivity index (χ2v) is 5.20. The Labute approximate surface area is 129 Å². The fourth-order valence-corrected chi connectivity index (χ4v) is 2.12. The molecule has 0 saturated carbocycles. The Morgan fingerprint density at radius 3 is 2.70 bits per heavy atom. The smallest absolute Gasteiger partial charge is 0.170 e. The third-order valence-electron chi connectivity index (χ3n) is 2.85. The van der Waals surface area contributed by atoms with Crippen molar-refractivity contribution in [3.05, 3.63) is 47.2 Å². The third-order valence-corrected chi connectivity index (χ3v) is 3.29. The molecule has 1 aromatic heterocycles. The minimum atomic E-state index is 0.604. The lowest BCUT2D eigenvalue weighted by molar-refractivity contribution is 0.604. The van der Waals surface area contributed by atoms with Gasteiger partial charge in [-0.1, -0.05) is 30.7 Å². The summed E-state index contributed by atoms with van der Waals surface area (Å²) in [5.41, 5.74) is 2.30. The first-order chi connectivity index (χ1) is 9.67. The van der Waals surface area contributed by atoms with Gasteiger partial charge in [0.05, 0.1) is 17.8 Å². The van der Waals surface area contributed by atoms with E-state index in [-0.39, 0.29) is 0 Å². The number of nitrogens with zero attached hydrogens (tertiary/aromatic N) is 2. The van der Waals surface area contributed by atoms with Gasteiger partial charge >= 0.3 is 0 Å². The van der Waals surface area contributed by atoms with E-state index in [9.17, 15) is 0 Å². The van der Waals surface area contributed by atoms with Crippen LogP contribution in [0.1, 0.15) is 12.5 Å². The quantitative estimate of drug-likeness (QED) is 0.833. The van der Waals surface area contributed by atoms with Crippen LogP contribution in [-0.2, 0) is 13.0 Å². The van der Waals surface area contributed by atoms with Crippen molar-refractivity contribution >= 4 is 34.6 Å². The molecule has 1 aromatic carbocycles. The molecule has 106 valence electrons. The van der Waals surface area contributed by atoms with Gasteiger partial charge in [-0.2, -0.15) is 5.10 Å². The molecule has 0 aliphatic carbocycles. The molecule has 2 rings (SSSR count). The first-order valence-corrected chi connectivity index (χ1v) is 7.27. The molecule has 2 aromatic rings. The number of anilines is 1.